The van der Waals surface area contributed by atoms with Crippen molar-refractivity contribution >= 4 is 17.7 Å². The van der Waals surface area contributed by atoms with Crippen LogP contribution in [0, 0.1) is 5.92 Å². The minimum atomic E-state index is -0.0589. The lowest BCUT2D eigenvalue weighted by atomic mass is 9.96. The first-order chi connectivity index (χ1) is 12.3. The Morgan fingerprint density at radius 1 is 1.20 bits per heavy atom. The molecule has 3 atom stereocenters. The Bertz CT molecular complexity index is 743. The summed E-state index contributed by atoms with van der Waals surface area (Å²) >= 11 is 1.67. The second-order valence-corrected chi connectivity index (χ2v) is 7.24. The molecule has 2 aromatic rings. The molecule has 0 radical (unpaired) electrons. The fourth-order valence-corrected chi connectivity index (χ4v) is 4.53. The maximum absolute atomic E-state index is 12.0. The number of carbonyl (C=O) groups excluding carboxylic acids is 1. The zero-order valence-corrected chi connectivity index (χ0v) is 14.5. The lowest BCUT2D eigenvalue weighted by molar-refractivity contribution is -0.119. The van der Waals surface area contributed by atoms with Crippen molar-refractivity contribution in [1.29, 1.82) is 0 Å². The van der Waals surface area contributed by atoms with Crippen LogP contribution in [0.1, 0.15) is 16.5 Å². The molecule has 1 aromatic heterocycles. The fraction of sp³-hybridized carbons (Fsp3) is 0.333. The molecule has 3 N–H and O–H groups in total. The highest BCUT2D eigenvalue weighted by molar-refractivity contribution is 8.00. The van der Waals surface area contributed by atoms with Gasteiger partial charge in [0.15, 0.2) is 0 Å². The van der Waals surface area contributed by atoms with Gasteiger partial charge in [0.25, 0.3) is 0 Å². The second-order valence-electron chi connectivity index (χ2n) is 6.11. The Morgan fingerprint density at radius 3 is 2.96 bits per heavy atom. The Kier molecular flexibility index (Phi) is 4.87. The minimum Gasteiger partial charge on any atom is -0.487 e. The highest BCUT2D eigenvalue weighted by atomic mass is 32.2. The molecular weight excluding hydrogens is 336 g/mol. The van der Waals surface area contributed by atoms with Gasteiger partial charge < -0.3 is 10.1 Å². The Labute approximate surface area is 150 Å². The van der Waals surface area contributed by atoms with Crippen LogP contribution in [0.4, 0.5) is 0 Å². The van der Waals surface area contributed by atoms with Gasteiger partial charge in [-0.2, -0.15) is 0 Å². The lowest BCUT2D eigenvalue weighted by Crippen LogP contribution is -2.46. The summed E-state index contributed by atoms with van der Waals surface area (Å²) < 4.78 is 6.07. The average molecular weight is 356 g/mol. The van der Waals surface area contributed by atoms with Crippen LogP contribution in [0.5, 0.6) is 5.75 Å². The van der Waals surface area contributed by atoms with E-state index in [0.29, 0.717) is 12.4 Å². The van der Waals surface area contributed by atoms with Gasteiger partial charge in [0.05, 0.1) is 17.6 Å². The van der Waals surface area contributed by atoms with Crippen LogP contribution in [0.25, 0.3) is 0 Å². The molecule has 0 aliphatic carbocycles. The summed E-state index contributed by atoms with van der Waals surface area (Å²) in [5, 5.41) is 3.21. The van der Waals surface area contributed by atoms with E-state index in [1.165, 1.54) is 0 Å². The van der Waals surface area contributed by atoms with E-state index in [1.54, 1.807) is 18.0 Å². The van der Waals surface area contributed by atoms with Gasteiger partial charge in [0.1, 0.15) is 12.4 Å². The number of amides is 1. The molecule has 2 saturated heterocycles. The molecule has 0 saturated carbocycles. The van der Waals surface area contributed by atoms with Crippen molar-refractivity contribution in [1.82, 2.24) is 21.2 Å². The first kappa shape index (κ1) is 16.4. The number of thioether (sulfide) groups is 1. The van der Waals surface area contributed by atoms with Crippen LogP contribution in [0.2, 0.25) is 0 Å². The standard InChI is InChI=1S/C18H20N4O2S/c23-16-11-25-17(14-9-20-22-18(14)21-16)13-6-1-2-7-15(13)24-10-12-5-3-4-8-19-12/h1-8,14,17-18,20,22H,9-11H2,(H,21,23). The van der Waals surface area contributed by atoms with Gasteiger partial charge in [0, 0.05) is 29.5 Å². The quantitative estimate of drug-likeness (QED) is 0.773. The molecule has 0 bridgehead atoms. The molecule has 0 spiro atoms. The van der Waals surface area contributed by atoms with E-state index in [4.69, 9.17) is 4.74 Å². The highest BCUT2D eigenvalue weighted by Gasteiger charge is 2.39. The molecule has 130 valence electrons. The van der Waals surface area contributed by atoms with Crippen molar-refractivity contribution in [3.8, 4) is 5.75 Å². The van der Waals surface area contributed by atoms with Crippen molar-refractivity contribution in [3.63, 3.8) is 0 Å². The average Bonchev–Trinajstić information content (AvgIpc) is 3.03. The topological polar surface area (TPSA) is 75.3 Å². The number of nitrogens with one attached hydrogen (secondary N) is 3. The number of hydrogen-bond acceptors (Lipinski definition) is 6. The van der Waals surface area contributed by atoms with Crippen molar-refractivity contribution < 1.29 is 9.53 Å². The number of fused-ring (bicyclic) bond motifs is 1. The molecule has 3 heterocycles. The van der Waals surface area contributed by atoms with Crippen LogP contribution in [0.3, 0.4) is 0 Å². The van der Waals surface area contributed by atoms with Gasteiger partial charge in [-0.3, -0.25) is 15.2 Å². The van der Waals surface area contributed by atoms with Crippen LogP contribution in [0.15, 0.2) is 48.7 Å². The number of nitrogens with zero attached hydrogens (tertiary/aromatic N) is 1. The summed E-state index contributed by atoms with van der Waals surface area (Å²) in [7, 11) is 0. The van der Waals surface area contributed by atoms with Crippen LogP contribution < -0.4 is 20.9 Å². The summed E-state index contributed by atoms with van der Waals surface area (Å²) in [5.41, 5.74) is 8.34. The third kappa shape index (κ3) is 3.63. The van der Waals surface area contributed by atoms with E-state index in [-0.39, 0.29) is 23.2 Å². The zero-order chi connectivity index (χ0) is 17.1. The third-order valence-corrected chi connectivity index (χ3v) is 5.84. The van der Waals surface area contributed by atoms with Crippen molar-refractivity contribution in [2.24, 2.45) is 5.92 Å². The van der Waals surface area contributed by atoms with Gasteiger partial charge in [0.2, 0.25) is 5.91 Å². The number of benzene rings is 1. The van der Waals surface area contributed by atoms with Gasteiger partial charge in [-0.15, -0.1) is 11.8 Å². The molecule has 2 aliphatic heterocycles. The molecular formula is C18H20N4O2S. The number of carbonyl (C=O) groups is 1. The first-order valence-corrected chi connectivity index (χ1v) is 9.37. The molecule has 1 aromatic carbocycles. The van der Waals surface area contributed by atoms with Gasteiger partial charge in [-0.25, -0.2) is 5.43 Å². The molecule has 2 aliphatic rings. The predicted octanol–water partition coefficient (Wildman–Crippen LogP) is 1.61. The number of para-hydroxylation sites is 1. The normalized spacial score (nSPS) is 25.8. The first-order valence-electron chi connectivity index (χ1n) is 8.32. The van der Waals surface area contributed by atoms with E-state index < -0.39 is 0 Å². The highest BCUT2D eigenvalue weighted by Crippen LogP contribution is 2.43. The Morgan fingerprint density at radius 2 is 2.08 bits per heavy atom. The summed E-state index contributed by atoms with van der Waals surface area (Å²) in [6, 6.07) is 13.9. The second kappa shape index (κ2) is 7.43. The van der Waals surface area contributed by atoms with E-state index in [1.807, 2.05) is 36.4 Å². The van der Waals surface area contributed by atoms with Gasteiger partial charge in [-0.05, 0) is 18.2 Å². The van der Waals surface area contributed by atoms with E-state index in [0.717, 1.165) is 23.6 Å². The van der Waals surface area contributed by atoms with Crippen LogP contribution in [-0.2, 0) is 11.4 Å². The third-order valence-electron chi connectivity index (χ3n) is 4.45. The number of ether oxygens (including phenoxy) is 1. The largest absolute Gasteiger partial charge is 0.487 e. The smallest absolute Gasteiger partial charge is 0.231 e. The number of hydrogen-bond donors (Lipinski definition) is 3. The van der Waals surface area contributed by atoms with E-state index in [2.05, 4.69) is 27.2 Å². The summed E-state index contributed by atoms with van der Waals surface area (Å²) in [5.74, 6) is 1.63. The lowest BCUT2D eigenvalue weighted by Gasteiger charge is -2.25. The Balaban J connectivity index is 1.58. The molecule has 2 fully saturated rings. The number of hydrazine groups is 1. The molecule has 3 unspecified atom stereocenters. The molecule has 4 rings (SSSR count). The van der Waals surface area contributed by atoms with Crippen LogP contribution in [-0.4, -0.2) is 29.4 Å². The molecule has 25 heavy (non-hydrogen) atoms. The molecule has 1 amide bonds. The monoisotopic (exact) mass is 356 g/mol. The minimum absolute atomic E-state index is 0.0589. The zero-order valence-electron chi connectivity index (χ0n) is 13.6. The SMILES string of the molecule is O=C1CSC(c2ccccc2OCc2ccccn2)C2CNNC2N1. The fourth-order valence-electron chi connectivity index (χ4n) is 3.24. The van der Waals surface area contributed by atoms with Crippen molar-refractivity contribution in [3.05, 3.63) is 59.9 Å². The van der Waals surface area contributed by atoms with Crippen molar-refractivity contribution in [2.75, 3.05) is 12.3 Å². The number of pyridine rings is 1. The molecule has 6 nitrogen and oxygen atoms in total. The predicted molar refractivity (Wildman–Crippen MR) is 96.8 cm³/mol. The van der Waals surface area contributed by atoms with E-state index in [9.17, 15) is 4.79 Å². The van der Waals surface area contributed by atoms with E-state index >= 15 is 0 Å². The van der Waals surface area contributed by atoms with Gasteiger partial charge >= 0.3 is 0 Å². The summed E-state index contributed by atoms with van der Waals surface area (Å²) in [6.07, 6.45) is 1.71. The van der Waals surface area contributed by atoms with Crippen LogP contribution >= 0.6 is 11.8 Å². The van der Waals surface area contributed by atoms with Gasteiger partial charge in [-0.1, -0.05) is 24.3 Å². The van der Waals surface area contributed by atoms with Crippen molar-refractivity contribution in [2.45, 2.75) is 18.0 Å². The summed E-state index contributed by atoms with van der Waals surface area (Å²) in [4.78, 5) is 16.3. The molecule has 7 heteroatoms. The number of aromatic nitrogens is 1. The maximum atomic E-state index is 12.0. The Hall–Kier alpha value is -2.09. The summed E-state index contributed by atoms with van der Waals surface area (Å²) in [6.45, 7) is 1.23. The number of rotatable bonds is 4. The maximum Gasteiger partial charge on any atom is 0.231 e.